The maximum Gasteiger partial charge on any atom is 0.0723 e. The van der Waals surface area contributed by atoms with Crippen LogP contribution in [0.5, 0.6) is 0 Å². The van der Waals surface area contributed by atoms with Crippen molar-refractivity contribution in [3.05, 3.63) is 17.8 Å². The lowest BCUT2D eigenvalue weighted by Crippen LogP contribution is -1.99. The molecule has 2 rings (SSSR count). The Morgan fingerprint density at radius 2 is 2.43 bits per heavy atom. The van der Waals surface area contributed by atoms with Gasteiger partial charge in [0.25, 0.3) is 0 Å². The second-order valence-electron chi connectivity index (χ2n) is 1.88. The summed E-state index contributed by atoms with van der Waals surface area (Å²) in [6.07, 6.45) is 1.91. The van der Waals surface area contributed by atoms with Gasteiger partial charge in [0, 0.05) is 11.8 Å². The number of hydrogen-bond donors (Lipinski definition) is 0. The van der Waals surface area contributed by atoms with Gasteiger partial charge in [-0.05, 0) is 18.6 Å². The molecule has 0 bridgehead atoms. The van der Waals surface area contributed by atoms with Crippen LogP contribution in [0.1, 0.15) is 5.56 Å². The molecule has 0 spiro atoms. The minimum atomic E-state index is 1.19. The highest BCUT2D eigenvalue weighted by Crippen LogP contribution is 2.31. The molecule has 1 aliphatic carbocycles. The van der Waals surface area contributed by atoms with Gasteiger partial charge in [-0.3, -0.25) is 4.98 Å². The van der Waals surface area contributed by atoms with Crippen molar-refractivity contribution in [3.63, 3.8) is 0 Å². The van der Waals surface area contributed by atoms with Gasteiger partial charge < -0.3 is 0 Å². The smallest absolute Gasteiger partial charge is 0.0723 e. The fourth-order valence-corrected chi connectivity index (χ4v) is 0.828. The van der Waals surface area contributed by atoms with Crippen LogP contribution in [0.4, 0.5) is 0 Å². The summed E-state index contributed by atoms with van der Waals surface area (Å²) in [4.78, 5) is 3.97. The highest BCUT2D eigenvalue weighted by atomic mass is 14.7. The first-order valence-electron chi connectivity index (χ1n) is 2.35. The zero-order chi connectivity index (χ0) is 4.85. The number of hydrogen-bond acceptors (Lipinski definition) is 1. The van der Waals surface area contributed by atoms with E-state index in [1.807, 2.05) is 6.20 Å². The number of fused-ring (bicyclic) bond motifs is 1. The Labute approximate surface area is 42.0 Å². The van der Waals surface area contributed by atoms with Crippen LogP contribution in [-0.2, 0) is 0 Å². The van der Waals surface area contributed by atoms with Crippen molar-refractivity contribution < 1.29 is 0 Å². The molecule has 1 heterocycles. The summed E-state index contributed by atoms with van der Waals surface area (Å²) in [5, 5.41) is 0. The minimum absolute atomic E-state index is 1.19. The van der Waals surface area contributed by atoms with Gasteiger partial charge in [0.1, 0.15) is 0 Å². The Hall–Kier alpha value is -0.850. The summed E-state index contributed by atoms with van der Waals surface area (Å²) >= 11 is 0. The van der Waals surface area contributed by atoms with E-state index in [0.29, 0.717) is 0 Å². The lowest BCUT2D eigenvalue weighted by Gasteiger charge is -2.15. The third-order valence-electron chi connectivity index (χ3n) is 1.39. The van der Waals surface area contributed by atoms with Crippen LogP contribution in [0.25, 0.3) is 11.3 Å². The molecule has 0 aromatic carbocycles. The zero-order valence-electron chi connectivity index (χ0n) is 4.10. The van der Waals surface area contributed by atoms with Crippen LogP contribution < -0.4 is 0 Å². The topological polar surface area (TPSA) is 12.9 Å². The van der Waals surface area contributed by atoms with E-state index in [1.165, 1.54) is 16.8 Å². The van der Waals surface area contributed by atoms with Crippen LogP contribution in [-0.4, -0.2) is 4.98 Å². The van der Waals surface area contributed by atoms with Gasteiger partial charge in [-0.15, -0.1) is 0 Å². The monoisotopic (exact) mass is 91.0 g/mol. The van der Waals surface area contributed by atoms with Crippen molar-refractivity contribution in [1.82, 2.24) is 4.98 Å². The second-order valence-corrected chi connectivity index (χ2v) is 1.88. The average molecular weight is 91.1 g/mol. The fourth-order valence-electron chi connectivity index (χ4n) is 0.828. The van der Waals surface area contributed by atoms with Crippen molar-refractivity contribution in [3.8, 4) is 11.3 Å². The summed E-state index contributed by atoms with van der Waals surface area (Å²) in [6.45, 7) is 2.10. The molecule has 0 saturated heterocycles. The van der Waals surface area contributed by atoms with E-state index in [2.05, 4.69) is 18.0 Å². The molecule has 0 saturated carbocycles. The molecule has 7 heavy (non-hydrogen) atoms. The molecule has 0 N–H and O–H groups in total. The molecule has 0 atom stereocenters. The summed E-state index contributed by atoms with van der Waals surface area (Å²) in [6, 6.07) is 2.09. The molecule has 0 fully saturated rings. The molecule has 0 radical (unpaired) electrons. The van der Waals surface area contributed by atoms with E-state index in [1.54, 1.807) is 0 Å². The van der Waals surface area contributed by atoms with Crippen molar-refractivity contribution in [2.75, 3.05) is 0 Å². The maximum absolute atomic E-state index is 3.97. The second kappa shape index (κ2) is 0.713. The van der Waals surface area contributed by atoms with Crippen molar-refractivity contribution in [2.45, 2.75) is 6.92 Å². The van der Waals surface area contributed by atoms with E-state index in [0.717, 1.165) is 0 Å². The Kier molecular flexibility index (Phi) is 0.325. The third kappa shape index (κ3) is 0.196. The molecule has 0 unspecified atom stereocenters. The van der Waals surface area contributed by atoms with Crippen molar-refractivity contribution in [2.24, 2.45) is 0 Å². The Morgan fingerprint density at radius 1 is 1.57 bits per heavy atom. The van der Waals surface area contributed by atoms with E-state index >= 15 is 0 Å². The van der Waals surface area contributed by atoms with Gasteiger partial charge in [-0.1, -0.05) is 0 Å². The first-order chi connectivity index (χ1) is 3.38. The lowest BCUT2D eigenvalue weighted by atomic mass is 9.97. The molecule has 0 amide bonds. The number of rotatable bonds is 0. The summed E-state index contributed by atoms with van der Waals surface area (Å²) < 4.78 is 0. The molecule has 0 aromatic rings. The van der Waals surface area contributed by atoms with Crippen molar-refractivity contribution in [1.29, 1.82) is 0 Å². The predicted molar refractivity (Wildman–Crippen MR) is 28.0 cm³/mol. The van der Waals surface area contributed by atoms with Gasteiger partial charge in [-0.25, -0.2) is 0 Å². The molecule has 34 valence electrons. The minimum Gasteiger partial charge on any atom is -0.255 e. The highest BCUT2D eigenvalue weighted by Gasteiger charge is 2.13. The first-order valence-corrected chi connectivity index (χ1v) is 2.35. The van der Waals surface area contributed by atoms with E-state index in [-0.39, 0.29) is 0 Å². The predicted octanol–water partition coefficient (Wildman–Crippen LogP) is 1.37. The highest BCUT2D eigenvalue weighted by molar-refractivity contribution is 5.74. The molecule has 2 aliphatic rings. The van der Waals surface area contributed by atoms with Crippen LogP contribution in [0.3, 0.4) is 0 Å². The number of nitrogens with zero attached hydrogens (tertiary/aromatic N) is 1. The van der Waals surface area contributed by atoms with E-state index in [9.17, 15) is 0 Å². The van der Waals surface area contributed by atoms with Crippen molar-refractivity contribution >= 4 is 0 Å². The van der Waals surface area contributed by atoms with Gasteiger partial charge in [-0.2, -0.15) is 0 Å². The largest absolute Gasteiger partial charge is 0.255 e. The molecule has 1 heteroatoms. The van der Waals surface area contributed by atoms with Crippen LogP contribution >= 0.6 is 0 Å². The van der Waals surface area contributed by atoms with Crippen LogP contribution in [0.2, 0.25) is 0 Å². The fraction of sp³-hybridized carbons (Fsp3) is 0.167. The summed E-state index contributed by atoms with van der Waals surface area (Å²) in [5.41, 5.74) is 3.93. The zero-order valence-corrected chi connectivity index (χ0v) is 4.10. The molecule has 1 nitrogen and oxygen atoms in total. The molecule has 1 aliphatic heterocycles. The first kappa shape index (κ1) is 3.19. The van der Waals surface area contributed by atoms with Crippen LogP contribution in [0, 0.1) is 6.92 Å². The number of pyridine rings is 1. The number of aryl methyl sites for hydroxylation is 1. The van der Waals surface area contributed by atoms with Gasteiger partial charge >= 0.3 is 0 Å². The maximum atomic E-state index is 3.97. The molecular weight excluding hydrogens is 86.1 g/mol. The summed E-state index contributed by atoms with van der Waals surface area (Å²) in [7, 11) is 0. The Bertz CT molecular complexity index is 215. The summed E-state index contributed by atoms with van der Waals surface area (Å²) in [5.74, 6) is 0. The number of aromatic nitrogens is 1. The standard InChI is InChI=1S/C6H5N/c1-4-2-6-5(4)3-7-6/h2-3H,1H3. The van der Waals surface area contributed by atoms with Gasteiger partial charge in [0.05, 0.1) is 5.69 Å². The normalized spacial score (nSPS) is 11.6. The third-order valence-corrected chi connectivity index (χ3v) is 1.39. The van der Waals surface area contributed by atoms with Crippen LogP contribution in [0.15, 0.2) is 12.3 Å². The SMILES string of the molecule is Cc1cc2ncc1-2. The molecule has 0 aromatic heterocycles. The van der Waals surface area contributed by atoms with Gasteiger partial charge in [0.15, 0.2) is 0 Å². The lowest BCUT2D eigenvalue weighted by molar-refractivity contribution is 1.19. The van der Waals surface area contributed by atoms with E-state index in [4.69, 9.17) is 0 Å². The quantitative estimate of drug-likeness (QED) is 0.477. The Morgan fingerprint density at radius 3 is 2.43 bits per heavy atom. The Balaban J connectivity index is 2.78. The van der Waals surface area contributed by atoms with E-state index < -0.39 is 0 Å². The molecular formula is C6H5N. The van der Waals surface area contributed by atoms with Gasteiger partial charge in [0.2, 0.25) is 0 Å². The average Bonchev–Trinajstić information content (AvgIpc) is 1.59.